The van der Waals surface area contributed by atoms with Gasteiger partial charge in [-0.25, -0.2) is 0 Å². The number of hydrogen-bond donors (Lipinski definition) is 2. The summed E-state index contributed by atoms with van der Waals surface area (Å²) in [4.78, 5) is 22.9. The Kier molecular flexibility index (Phi) is 7.01. The van der Waals surface area contributed by atoms with Crippen LogP contribution in [0.1, 0.15) is 17.3 Å². The maximum Gasteiger partial charge on any atom is 0.314 e. The number of hydrogen-bond acceptors (Lipinski definition) is 5. The molecule has 0 fully saturated rings. The molecular weight excluding hydrogens is 274 g/mol. The molecule has 0 saturated heterocycles. The van der Waals surface area contributed by atoms with E-state index in [0.717, 1.165) is 0 Å². The molecule has 0 heterocycles. The number of methoxy groups -OCH3 is 1. The molecule has 0 bridgehead atoms. The molecule has 21 heavy (non-hydrogen) atoms. The average molecular weight is 295 g/mol. The zero-order valence-electron chi connectivity index (χ0n) is 12.3. The monoisotopic (exact) mass is 295 g/mol. The highest BCUT2D eigenvalue weighted by Crippen LogP contribution is 2.17. The summed E-state index contributed by atoms with van der Waals surface area (Å²) in [7, 11) is 1.44. The number of benzene rings is 1. The molecule has 2 N–H and O–H groups in total. The second kappa shape index (κ2) is 8.51. The minimum Gasteiger partial charge on any atom is -0.481 e. The number of ether oxygens (including phenoxy) is 2. The molecule has 0 amide bonds. The lowest BCUT2D eigenvalue weighted by Gasteiger charge is -2.23. The first-order valence-corrected chi connectivity index (χ1v) is 6.58. The standard InChI is InChI=1S/C15H21NO5/c1-15(9-20-2,14(18)19)10-21-11-16-8-13(17)12-6-4-3-5-7-12/h3-7,16H,8-11H2,1-2H3,(H,18,19). The van der Waals surface area contributed by atoms with Crippen LogP contribution in [0.5, 0.6) is 0 Å². The fourth-order valence-corrected chi connectivity index (χ4v) is 1.72. The summed E-state index contributed by atoms with van der Waals surface area (Å²) in [5.74, 6) is -1.03. The van der Waals surface area contributed by atoms with Crippen LogP contribution < -0.4 is 5.32 Å². The minimum absolute atomic E-state index is 0.00268. The summed E-state index contributed by atoms with van der Waals surface area (Å²) in [6, 6.07) is 8.92. The molecule has 6 heteroatoms. The van der Waals surface area contributed by atoms with Crippen LogP contribution in [-0.2, 0) is 14.3 Å². The number of rotatable bonds is 10. The molecule has 0 aliphatic rings. The van der Waals surface area contributed by atoms with Gasteiger partial charge < -0.3 is 14.6 Å². The molecule has 1 unspecified atom stereocenters. The number of nitrogens with one attached hydrogen (secondary N) is 1. The molecule has 1 aromatic carbocycles. The van der Waals surface area contributed by atoms with Crippen molar-refractivity contribution in [1.29, 1.82) is 0 Å². The number of ketones is 1. The predicted octanol–water partition coefficient (Wildman–Crippen LogP) is 1.17. The number of carboxylic acid groups (broad SMARTS) is 1. The molecule has 1 aromatic rings. The first-order chi connectivity index (χ1) is 9.99. The molecule has 0 aliphatic heterocycles. The number of Topliss-reactive ketones (excluding diaryl/α,β-unsaturated/α-hetero) is 1. The van der Waals surface area contributed by atoms with Crippen molar-refractivity contribution < 1.29 is 24.2 Å². The highest BCUT2D eigenvalue weighted by molar-refractivity contribution is 5.97. The Balaban J connectivity index is 2.28. The Bertz CT molecular complexity index is 462. The topological polar surface area (TPSA) is 84.9 Å². The second-order valence-electron chi connectivity index (χ2n) is 5.01. The number of carboxylic acids is 1. The van der Waals surface area contributed by atoms with E-state index in [1.54, 1.807) is 31.2 Å². The van der Waals surface area contributed by atoms with Crippen LogP contribution >= 0.6 is 0 Å². The van der Waals surface area contributed by atoms with Crippen LogP contribution in [0.25, 0.3) is 0 Å². The quantitative estimate of drug-likeness (QED) is 0.383. The Morgan fingerprint density at radius 1 is 1.24 bits per heavy atom. The van der Waals surface area contributed by atoms with Crippen LogP contribution in [0.3, 0.4) is 0 Å². The molecule has 0 aliphatic carbocycles. The third-order valence-corrected chi connectivity index (χ3v) is 2.99. The number of carbonyl (C=O) groups excluding carboxylic acids is 1. The lowest BCUT2D eigenvalue weighted by Crippen LogP contribution is -2.38. The Morgan fingerprint density at radius 3 is 2.48 bits per heavy atom. The summed E-state index contributed by atoms with van der Waals surface area (Å²) in [6.07, 6.45) is 0. The molecule has 0 radical (unpaired) electrons. The van der Waals surface area contributed by atoms with Crippen molar-refractivity contribution in [1.82, 2.24) is 5.32 Å². The van der Waals surface area contributed by atoms with Crippen molar-refractivity contribution in [2.45, 2.75) is 6.92 Å². The van der Waals surface area contributed by atoms with Gasteiger partial charge in [-0.2, -0.15) is 0 Å². The second-order valence-corrected chi connectivity index (χ2v) is 5.01. The molecule has 0 spiro atoms. The lowest BCUT2D eigenvalue weighted by atomic mass is 9.93. The first kappa shape index (κ1) is 17.3. The van der Waals surface area contributed by atoms with Crippen molar-refractivity contribution in [3.8, 4) is 0 Å². The van der Waals surface area contributed by atoms with Gasteiger partial charge in [0.05, 0.1) is 26.5 Å². The van der Waals surface area contributed by atoms with E-state index in [9.17, 15) is 9.59 Å². The number of aliphatic carboxylic acids is 1. The molecule has 0 saturated carbocycles. The summed E-state index contributed by atoms with van der Waals surface area (Å²) in [5.41, 5.74) is -0.473. The van der Waals surface area contributed by atoms with Crippen molar-refractivity contribution in [2.75, 3.05) is 33.6 Å². The zero-order chi connectivity index (χ0) is 15.7. The molecule has 0 aromatic heterocycles. The van der Waals surface area contributed by atoms with Gasteiger partial charge in [0.1, 0.15) is 5.41 Å². The molecular formula is C15H21NO5. The van der Waals surface area contributed by atoms with Crippen molar-refractivity contribution in [3.63, 3.8) is 0 Å². The van der Waals surface area contributed by atoms with Gasteiger partial charge >= 0.3 is 5.97 Å². The van der Waals surface area contributed by atoms with E-state index in [1.165, 1.54) is 7.11 Å². The van der Waals surface area contributed by atoms with Crippen LogP contribution in [0.15, 0.2) is 30.3 Å². The van der Waals surface area contributed by atoms with Gasteiger partial charge in [0.25, 0.3) is 0 Å². The van der Waals surface area contributed by atoms with E-state index >= 15 is 0 Å². The maximum atomic E-state index is 11.8. The van der Waals surface area contributed by atoms with Gasteiger partial charge in [0.2, 0.25) is 0 Å². The van der Waals surface area contributed by atoms with Gasteiger partial charge in [-0.1, -0.05) is 30.3 Å². The van der Waals surface area contributed by atoms with Crippen LogP contribution in [0.2, 0.25) is 0 Å². The summed E-state index contributed by atoms with van der Waals surface area (Å²) >= 11 is 0. The molecule has 116 valence electrons. The Morgan fingerprint density at radius 2 is 1.90 bits per heavy atom. The maximum absolute atomic E-state index is 11.8. The predicted molar refractivity (Wildman–Crippen MR) is 77.2 cm³/mol. The molecule has 6 nitrogen and oxygen atoms in total. The summed E-state index contributed by atoms with van der Waals surface area (Å²) in [5, 5.41) is 12.0. The summed E-state index contributed by atoms with van der Waals surface area (Å²) in [6.45, 7) is 1.85. The van der Waals surface area contributed by atoms with Gasteiger partial charge in [-0.15, -0.1) is 0 Å². The summed E-state index contributed by atoms with van der Waals surface area (Å²) < 4.78 is 10.2. The van der Waals surface area contributed by atoms with E-state index in [4.69, 9.17) is 14.6 Å². The minimum atomic E-state index is -1.10. The Hall–Kier alpha value is -1.76. The third kappa shape index (κ3) is 5.63. The largest absolute Gasteiger partial charge is 0.481 e. The fourth-order valence-electron chi connectivity index (χ4n) is 1.72. The van der Waals surface area contributed by atoms with Crippen LogP contribution in [0, 0.1) is 5.41 Å². The third-order valence-electron chi connectivity index (χ3n) is 2.99. The van der Waals surface area contributed by atoms with Gasteiger partial charge in [-0.3, -0.25) is 14.9 Å². The van der Waals surface area contributed by atoms with Crippen molar-refractivity contribution in [2.24, 2.45) is 5.41 Å². The normalized spacial score (nSPS) is 13.6. The highest BCUT2D eigenvalue weighted by atomic mass is 16.5. The van der Waals surface area contributed by atoms with Gasteiger partial charge in [0.15, 0.2) is 5.78 Å². The Labute approximate surface area is 124 Å². The zero-order valence-corrected chi connectivity index (χ0v) is 12.3. The fraction of sp³-hybridized carbons (Fsp3) is 0.467. The highest BCUT2D eigenvalue weighted by Gasteiger charge is 2.33. The first-order valence-electron chi connectivity index (χ1n) is 6.58. The van der Waals surface area contributed by atoms with E-state index in [1.807, 2.05) is 6.07 Å². The molecule has 1 atom stereocenters. The van der Waals surface area contributed by atoms with E-state index < -0.39 is 11.4 Å². The smallest absolute Gasteiger partial charge is 0.314 e. The van der Waals surface area contributed by atoms with Crippen molar-refractivity contribution >= 4 is 11.8 Å². The van der Waals surface area contributed by atoms with Crippen molar-refractivity contribution in [3.05, 3.63) is 35.9 Å². The lowest BCUT2D eigenvalue weighted by molar-refractivity contribution is -0.155. The molecule has 1 rings (SSSR count). The van der Waals surface area contributed by atoms with Crippen LogP contribution in [0.4, 0.5) is 0 Å². The van der Waals surface area contributed by atoms with Gasteiger partial charge in [-0.05, 0) is 6.92 Å². The van der Waals surface area contributed by atoms with E-state index in [0.29, 0.717) is 5.56 Å². The van der Waals surface area contributed by atoms with Crippen LogP contribution in [-0.4, -0.2) is 50.5 Å². The van der Waals surface area contributed by atoms with E-state index in [2.05, 4.69) is 5.32 Å². The van der Waals surface area contributed by atoms with Gasteiger partial charge in [0, 0.05) is 12.7 Å². The van der Waals surface area contributed by atoms with E-state index in [-0.39, 0.29) is 32.3 Å². The SMILES string of the molecule is COCC(C)(COCNCC(=O)c1ccccc1)C(=O)O. The average Bonchev–Trinajstić information content (AvgIpc) is 2.47. The number of carbonyl (C=O) groups is 2.